The van der Waals surface area contributed by atoms with Gasteiger partial charge in [-0.1, -0.05) is 57.9 Å². The van der Waals surface area contributed by atoms with Crippen LogP contribution in [0.4, 0.5) is 5.69 Å². The molecule has 4 aromatic rings. The third kappa shape index (κ3) is 3.53. The van der Waals surface area contributed by atoms with Gasteiger partial charge >= 0.3 is 0 Å². The van der Waals surface area contributed by atoms with Crippen molar-refractivity contribution in [1.82, 2.24) is 0 Å². The molecule has 0 spiro atoms. The average Bonchev–Trinajstić information content (AvgIpc) is 2.64. The zero-order valence-electron chi connectivity index (χ0n) is 13.1. The molecule has 0 aliphatic carbocycles. The monoisotopic (exact) mass is 409 g/mol. The maximum atomic E-state index is 6.18. The second kappa shape index (κ2) is 6.87. The maximum absolute atomic E-state index is 6.18. The van der Waals surface area contributed by atoms with Crippen LogP contribution in [0.1, 0.15) is 0 Å². The number of hydrogen-bond acceptors (Lipinski definition) is 2. The van der Waals surface area contributed by atoms with Gasteiger partial charge < -0.3 is 4.42 Å². The van der Waals surface area contributed by atoms with Gasteiger partial charge in [-0.15, -0.1) is 0 Å². The van der Waals surface area contributed by atoms with Crippen LogP contribution in [-0.2, 0) is 0 Å². The van der Waals surface area contributed by atoms with Crippen LogP contribution in [-0.4, -0.2) is 0 Å². The summed E-state index contributed by atoms with van der Waals surface area (Å²) in [6.45, 7) is 0. The molecule has 0 radical (unpaired) electrons. The van der Waals surface area contributed by atoms with Crippen LogP contribution >= 0.6 is 27.5 Å². The highest BCUT2D eigenvalue weighted by molar-refractivity contribution is 9.10. The largest absolute Gasteiger partial charge is 0.456 e. The Bertz CT molecular complexity index is 1100. The topological polar surface area (TPSA) is 25.5 Å². The van der Waals surface area contributed by atoms with E-state index in [-0.39, 0.29) is 0 Å². The molecule has 0 amide bonds. The summed E-state index contributed by atoms with van der Waals surface area (Å²) in [6.07, 6.45) is 0. The van der Waals surface area contributed by atoms with E-state index in [0.29, 0.717) is 5.02 Å². The zero-order chi connectivity index (χ0) is 17.2. The van der Waals surface area contributed by atoms with Crippen molar-refractivity contribution in [2.75, 3.05) is 0 Å². The number of rotatable bonds is 2. The Kier molecular flexibility index (Phi) is 4.43. The normalized spacial score (nSPS) is 11.8. The second-order valence-corrected chi connectivity index (χ2v) is 6.94. The van der Waals surface area contributed by atoms with Crippen LogP contribution in [0.15, 0.2) is 92.7 Å². The summed E-state index contributed by atoms with van der Waals surface area (Å²) in [6, 6.07) is 25.4. The van der Waals surface area contributed by atoms with E-state index in [1.165, 1.54) is 0 Å². The minimum atomic E-state index is 0.655. The molecular weight excluding hydrogens is 398 g/mol. The molecule has 4 heteroatoms. The smallest absolute Gasteiger partial charge is 0.136 e. The van der Waals surface area contributed by atoms with E-state index >= 15 is 0 Å². The second-order valence-electron chi connectivity index (χ2n) is 5.59. The molecule has 0 bridgehead atoms. The summed E-state index contributed by atoms with van der Waals surface area (Å²) < 4.78 is 7.09. The van der Waals surface area contributed by atoms with Gasteiger partial charge in [0.1, 0.15) is 11.3 Å². The van der Waals surface area contributed by atoms with Crippen LogP contribution in [0.3, 0.4) is 0 Å². The molecule has 0 atom stereocenters. The van der Waals surface area contributed by atoms with Crippen LogP contribution in [0, 0.1) is 0 Å². The highest BCUT2D eigenvalue weighted by Crippen LogP contribution is 2.24. The van der Waals surface area contributed by atoms with Crippen molar-refractivity contribution < 1.29 is 4.42 Å². The molecule has 0 aliphatic rings. The van der Waals surface area contributed by atoms with Crippen molar-refractivity contribution in [2.24, 2.45) is 4.99 Å². The van der Waals surface area contributed by atoms with E-state index in [2.05, 4.69) is 15.9 Å². The van der Waals surface area contributed by atoms with Gasteiger partial charge in [-0.25, -0.2) is 4.99 Å². The molecule has 0 N–H and O–H groups in total. The molecule has 122 valence electrons. The van der Waals surface area contributed by atoms with Crippen molar-refractivity contribution in [1.29, 1.82) is 0 Å². The Labute approximate surface area is 158 Å². The Hall–Kier alpha value is -2.36. The molecule has 25 heavy (non-hydrogen) atoms. The van der Waals surface area contributed by atoms with Gasteiger partial charge in [0.25, 0.3) is 0 Å². The fraction of sp³-hybridized carbons (Fsp3) is 0. The van der Waals surface area contributed by atoms with Crippen molar-refractivity contribution in [3.8, 4) is 11.3 Å². The molecule has 1 heterocycles. The number of halogens is 2. The summed E-state index contributed by atoms with van der Waals surface area (Å²) in [7, 11) is 0. The average molecular weight is 411 g/mol. The first-order valence-electron chi connectivity index (χ1n) is 7.78. The summed E-state index contributed by atoms with van der Waals surface area (Å²) in [5.41, 5.74) is 2.63. The van der Waals surface area contributed by atoms with E-state index < -0.39 is 0 Å². The fourth-order valence-electron chi connectivity index (χ4n) is 2.63. The number of hydrogen-bond donors (Lipinski definition) is 0. The van der Waals surface area contributed by atoms with E-state index in [1.807, 2.05) is 78.9 Å². The first-order valence-corrected chi connectivity index (χ1v) is 8.95. The van der Waals surface area contributed by atoms with Gasteiger partial charge in [0, 0.05) is 26.5 Å². The molecule has 4 rings (SSSR count). The molecule has 0 unspecified atom stereocenters. The minimum absolute atomic E-state index is 0.655. The lowest BCUT2D eigenvalue weighted by Gasteiger charge is -2.05. The lowest BCUT2D eigenvalue weighted by Crippen LogP contribution is -2.03. The highest BCUT2D eigenvalue weighted by Gasteiger charge is 2.06. The van der Waals surface area contributed by atoms with Crippen molar-refractivity contribution >= 4 is 44.2 Å². The first-order chi connectivity index (χ1) is 12.2. The molecule has 0 aliphatic heterocycles. The Morgan fingerprint density at radius 2 is 1.60 bits per heavy atom. The van der Waals surface area contributed by atoms with E-state index in [4.69, 9.17) is 21.0 Å². The van der Waals surface area contributed by atoms with Gasteiger partial charge in [0.15, 0.2) is 0 Å². The molecule has 3 aromatic carbocycles. The standard InChI is InChI=1S/C21H13BrClNO/c22-15-6-9-17(10-7-15)24-19-13-21(14-4-2-1-3-5-14)25-20-11-8-16(23)12-18(19)20/h1-13H. The number of nitrogens with zero attached hydrogens (tertiary/aromatic N) is 1. The maximum Gasteiger partial charge on any atom is 0.136 e. The summed E-state index contributed by atoms with van der Waals surface area (Å²) in [5.74, 6) is 0.770. The van der Waals surface area contributed by atoms with Gasteiger partial charge in [-0.05, 0) is 42.5 Å². The molecule has 1 aromatic heterocycles. The van der Waals surface area contributed by atoms with Crippen LogP contribution in [0.2, 0.25) is 5.02 Å². The number of fused-ring (bicyclic) bond motifs is 1. The molecule has 0 fully saturated rings. The molecule has 0 saturated heterocycles. The zero-order valence-corrected chi connectivity index (χ0v) is 15.5. The number of benzene rings is 3. The van der Waals surface area contributed by atoms with Crippen LogP contribution < -0.4 is 5.36 Å². The predicted octanol–water partition coefficient (Wildman–Crippen LogP) is 6.75. The Balaban J connectivity index is 2.00. The van der Waals surface area contributed by atoms with Crippen LogP contribution in [0.25, 0.3) is 22.3 Å². The Morgan fingerprint density at radius 3 is 2.36 bits per heavy atom. The lowest BCUT2D eigenvalue weighted by molar-refractivity contribution is 0.618. The summed E-state index contributed by atoms with van der Waals surface area (Å²) in [5, 5.41) is 2.36. The van der Waals surface area contributed by atoms with E-state index in [9.17, 15) is 0 Å². The summed E-state index contributed by atoms with van der Waals surface area (Å²) in [4.78, 5) is 4.80. The highest BCUT2D eigenvalue weighted by atomic mass is 79.9. The molecule has 2 nitrogen and oxygen atoms in total. The van der Waals surface area contributed by atoms with Gasteiger partial charge in [0.05, 0.1) is 11.0 Å². The molecule has 0 saturated carbocycles. The quantitative estimate of drug-likeness (QED) is 0.359. The van der Waals surface area contributed by atoms with Crippen LogP contribution in [0.5, 0.6) is 0 Å². The fourth-order valence-corrected chi connectivity index (χ4v) is 3.07. The van der Waals surface area contributed by atoms with E-state index in [1.54, 1.807) is 0 Å². The lowest BCUT2D eigenvalue weighted by atomic mass is 10.1. The van der Waals surface area contributed by atoms with Gasteiger partial charge in [-0.2, -0.15) is 0 Å². The SMILES string of the molecule is Clc1ccc2oc(-c3ccccc3)cc(=Nc3ccc(Br)cc3)c2c1. The van der Waals surface area contributed by atoms with Crippen molar-refractivity contribution in [2.45, 2.75) is 0 Å². The summed E-state index contributed by atoms with van der Waals surface area (Å²) >= 11 is 9.63. The van der Waals surface area contributed by atoms with Gasteiger partial charge in [-0.3, -0.25) is 0 Å². The van der Waals surface area contributed by atoms with E-state index in [0.717, 1.165) is 37.8 Å². The Morgan fingerprint density at radius 1 is 0.840 bits per heavy atom. The van der Waals surface area contributed by atoms with Gasteiger partial charge in [0.2, 0.25) is 0 Å². The minimum Gasteiger partial charge on any atom is -0.456 e. The third-order valence-electron chi connectivity index (χ3n) is 3.84. The van der Waals surface area contributed by atoms with Crippen molar-refractivity contribution in [3.63, 3.8) is 0 Å². The first kappa shape index (κ1) is 16.1. The van der Waals surface area contributed by atoms with Crippen molar-refractivity contribution in [3.05, 3.63) is 93.7 Å². The molecular formula is C21H13BrClNO. The third-order valence-corrected chi connectivity index (χ3v) is 4.60. The predicted molar refractivity (Wildman–Crippen MR) is 106 cm³/mol.